The third-order valence-electron chi connectivity index (χ3n) is 3.78. The van der Waals surface area contributed by atoms with Crippen LogP contribution in [0.3, 0.4) is 0 Å². The van der Waals surface area contributed by atoms with Crippen molar-refractivity contribution in [1.29, 1.82) is 0 Å². The minimum atomic E-state index is -4.40. The largest absolute Gasteiger partial charge is 0.484 e. The standard InChI is InChI=1S/C18H17F3N2O4S2/c1-23(2)29(24,25)14-6-7-16-15(9-14)22-17(27-16)28-10-12-4-3-5-13(8-12)26-11-18(19,20)21/h3-9H,10-11H2,1-2H3. The van der Waals surface area contributed by atoms with Gasteiger partial charge in [0.05, 0.1) is 4.90 Å². The van der Waals surface area contributed by atoms with Crippen LogP contribution in [0.1, 0.15) is 5.56 Å². The molecule has 6 nitrogen and oxygen atoms in total. The lowest BCUT2D eigenvalue weighted by Crippen LogP contribution is -2.22. The van der Waals surface area contributed by atoms with Crippen molar-refractivity contribution < 1.29 is 30.7 Å². The van der Waals surface area contributed by atoms with Gasteiger partial charge in [0.25, 0.3) is 5.22 Å². The fourth-order valence-electron chi connectivity index (χ4n) is 2.35. The van der Waals surface area contributed by atoms with Gasteiger partial charge in [-0.2, -0.15) is 13.2 Å². The van der Waals surface area contributed by atoms with Gasteiger partial charge in [0.1, 0.15) is 11.3 Å². The summed E-state index contributed by atoms with van der Waals surface area (Å²) >= 11 is 1.24. The van der Waals surface area contributed by atoms with Gasteiger partial charge in [0.2, 0.25) is 10.0 Å². The van der Waals surface area contributed by atoms with E-state index in [0.29, 0.717) is 22.1 Å². The molecule has 3 rings (SSSR count). The van der Waals surface area contributed by atoms with Crippen molar-refractivity contribution in [3.63, 3.8) is 0 Å². The number of rotatable bonds is 7. The number of nitrogens with zero attached hydrogens (tertiary/aromatic N) is 2. The molecular weight excluding hydrogens is 429 g/mol. The fourth-order valence-corrected chi connectivity index (χ4v) is 4.06. The summed E-state index contributed by atoms with van der Waals surface area (Å²) in [6.45, 7) is -1.35. The molecule has 1 heterocycles. The van der Waals surface area contributed by atoms with Crippen molar-refractivity contribution in [1.82, 2.24) is 9.29 Å². The molecule has 11 heteroatoms. The van der Waals surface area contributed by atoms with Crippen LogP contribution in [0, 0.1) is 0 Å². The van der Waals surface area contributed by atoms with E-state index in [-0.39, 0.29) is 10.6 Å². The van der Waals surface area contributed by atoms with Crippen LogP contribution in [-0.2, 0) is 15.8 Å². The normalized spacial score (nSPS) is 12.6. The summed E-state index contributed by atoms with van der Waals surface area (Å²) in [7, 11) is -0.703. The molecule has 3 aromatic rings. The number of alkyl halides is 3. The summed E-state index contributed by atoms with van der Waals surface area (Å²) in [5.41, 5.74) is 1.57. The smallest absolute Gasteiger partial charge is 0.422 e. The number of halogens is 3. The molecule has 2 aromatic carbocycles. The first-order chi connectivity index (χ1) is 13.5. The highest BCUT2D eigenvalue weighted by Gasteiger charge is 2.28. The molecule has 0 unspecified atom stereocenters. The van der Waals surface area contributed by atoms with Gasteiger partial charge in [-0.3, -0.25) is 0 Å². The highest BCUT2D eigenvalue weighted by Crippen LogP contribution is 2.29. The monoisotopic (exact) mass is 446 g/mol. The van der Waals surface area contributed by atoms with Gasteiger partial charge >= 0.3 is 6.18 Å². The van der Waals surface area contributed by atoms with Crippen LogP contribution in [0.5, 0.6) is 5.75 Å². The summed E-state index contributed by atoms with van der Waals surface area (Å²) in [6, 6.07) is 10.7. The Labute approximate surface area is 169 Å². The number of hydrogen-bond acceptors (Lipinski definition) is 6. The number of oxazole rings is 1. The van der Waals surface area contributed by atoms with Crippen LogP contribution in [0.15, 0.2) is 57.0 Å². The first-order valence-electron chi connectivity index (χ1n) is 8.29. The molecule has 29 heavy (non-hydrogen) atoms. The minimum Gasteiger partial charge on any atom is -0.484 e. The molecule has 0 aliphatic heterocycles. The lowest BCUT2D eigenvalue weighted by atomic mass is 10.2. The number of hydrogen-bond donors (Lipinski definition) is 0. The molecule has 0 amide bonds. The molecule has 1 aromatic heterocycles. The number of sulfonamides is 1. The Hall–Kier alpha value is -2.24. The van der Waals surface area contributed by atoms with Crippen LogP contribution >= 0.6 is 11.8 Å². The maximum Gasteiger partial charge on any atom is 0.422 e. The molecule has 156 valence electrons. The second-order valence-corrected chi connectivity index (χ2v) is 9.32. The lowest BCUT2D eigenvalue weighted by Gasteiger charge is -2.10. The molecular formula is C18H17F3N2O4S2. The molecule has 0 N–H and O–H groups in total. The zero-order valence-electron chi connectivity index (χ0n) is 15.4. The lowest BCUT2D eigenvalue weighted by molar-refractivity contribution is -0.153. The van der Waals surface area contributed by atoms with Crippen LogP contribution in [0.25, 0.3) is 11.1 Å². The number of aromatic nitrogens is 1. The minimum absolute atomic E-state index is 0.106. The van der Waals surface area contributed by atoms with E-state index in [0.717, 1.165) is 9.87 Å². The first kappa shape index (κ1) is 21.5. The van der Waals surface area contributed by atoms with Gasteiger partial charge in [-0.1, -0.05) is 23.9 Å². The molecule has 0 bridgehead atoms. The van der Waals surface area contributed by atoms with Crippen molar-refractivity contribution in [2.45, 2.75) is 22.0 Å². The summed E-state index contributed by atoms with van der Waals surface area (Å²) in [5, 5.41) is 0.320. The highest BCUT2D eigenvalue weighted by atomic mass is 32.2. The summed E-state index contributed by atoms with van der Waals surface area (Å²) in [4.78, 5) is 4.39. The second-order valence-electron chi connectivity index (χ2n) is 6.24. The average Bonchev–Trinajstić information content (AvgIpc) is 3.06. The van der Waals surface area contributed by atoms with Gasteiger partial charge in [-0.15, -0.1) is 0 Å². The molecule has 0 spiro atoms. The van der Waals surface area contributed by atoms with Crippen LogP contribution in [0.2, 0.25) is 0 Å². The van der Waals surface area contributed by atoms with Gasteiger partial charge in [-0.05, 0) is 35.9 Å². The fraction of sp³-hybridized carbons (Fsp3) is 0.278. The predicted octanol–water partition coefficient (Wildman–Crippen LogP) is 4.31. The van der Waals surface area contributed by atoms with E-state index in [2.05, 4.69) is 4.98 Å². The van der Waals surface area contributed by atoms with E-state index in [9.17, 15) is 21.6 Å². The van der Waals surface area contributed by atoms with E-state index in [1.54, 1.807) is 12.1 Å². The number of benzene rings is 2. The van der Waals surface area contributed by atoms with Crippen LogP contribution < -0.4 is 4.74 Å². The van der Waals surface area contributed by atoms with Gasteiger partial charge in [0, 0.05) is 19.8 Å². The Bertz CT molecular complexity index is 1110. The zero-order valence-corrected chi connectivity index (χ0v) is 17.1. The van der Waals surface area contributed by atoms with E-state index >= 15 is 0 Å². The van der Waals surface area contributed by atoms with Crippen molar-refractivity contribution in [3.05, 3.63) is 48.0 Å². The van der Waals surface area contributed by atoms with Crippen LogP contribution in [0.4, 0.5) is 13.2 Å². The average molecular weight is 446 g/mol. The Morgan fingerprint density at radius 2 is 1.93 bits per heavy atom. The van der Waals surface area contributed by atoms with Crippen molar-refractivity contribution in [2.75, 3.05) is 20.7 Å². The molecule has 0 aliphatic rings. The molecule has 0 saturated carbocycles. The van der Waals surface area contributed by atoms with Gasteiger partial charge in [-0.25, -0.2) is 17.7 Å². The second kappa shape index (κ2) is 8.25. The molecule has 0 aliphatic carbocycles. The summed E-state index contributed by atoms with van der Waals surface area (Å²) in [6.07, 6.45) is -4.40. The maximum atomic E-state index is 12.3. The maximum absolute atomic E-state index is 12.3. The van der Waals surface area contributed by atoms with Crippen molar-refractivity contribution in [2.24, 2.45) is 0 Å². The van der Waals surface area contributed by atoms with E-state index in [1.165, 1.54) is 56.2 Å². The summed E-state index contributed by atoms with van der Waals surface area (Å²) in [5.74, 6) is 0.510. The zero-order chi connectivity index (χ0) is 21.2. The van der Waals surface area contributed by atoms with Gasteiger partial charge < -0.3 is 9.15 Å². The SMILES string of the molecule is CN(C)S(=O)(=O)c1ccc2oc(SCc3cccc(OCC(F)(F)F)c3)nc2c1. The van der Waals surface area contributed by atoms with Crippen molar-refractivity contribution in [3.8, 4) is 5.75 Å². The topological polar surface area (TPSA) is 72.6 Å². The highest BCUT2D eigenvalue weighted by molar-refractivity contribution is 7.98. The third-order valence-corrected chi connectivity index (χ3v) is 6.49. The quantitative estimate of drug-likeness (QED) is 0.504. The third kappa shape index (κ3) is 5.43. The van der Waals surface area contributed by atoms with Gasteiger partial charge in [0.15, 0.2) is 12.2 Å². The molecule has 0 fully saturated rings. The predicted molar refractivity (Wildman–Crippen MR) is 102 cm³/mol. The number of thioether (sulfide) groups is 1. The first-order valence-corrected chi connectivity index (χ1v) is 10.7. The Kier molecular flexibility index (Phi) is 6.11. The van der Waals surface area contributed by atoms with E-state index < -0.39 is 22.8 Å². The Morgan fingerprint density at radius 1 is 1.17 bits per heavy atom. The van der Waals surface area contributed by atoms with Crippen molar-refractivity contribution >= 4 is 32.9 Å². The molecule has 0 atom stereocenters. The molecule has 0 saturated heterocycles. The number of ether oxygens (including phenoxy) is 1. The number of fused-ring (bicyclic) bond motifs is 1. The Morgan fingerprint density at radius 3 is 2.62 bits per heavy atom. The summed E-state index contributed by atoms with van der Waals surface area (Å²) < 4.78 is 72.7. The Balaban J connectivity index is 1.71. The van der Waals surface area contributed by atoms with Crippen LogP contribution in [-0.4, -0.2) is 44.6 Å². The van der Waals surface area contributed by atoms with E-state index in [4.69, 9.17) is 9.15 Å². The molecule has 0 radical (unpaired) electrons. The van der Waals surface area contributed by atoms with E-state index in [1.807, 2.05) is 0 Å².